The fourth-order valence-electron chi connectivity index (χ4n) is 3.66. The number of rotatable bonds is 5. The Bertz CT molecular complexity index is 979. The third-order valence-electron chi connectivity index (χ3n) is 5.02. The maximum atomic E-state index is 12.5. The molecular weight excluding hydrogens is 350 g/mol. The van der Waals surface area contributed by atoms with Crippen LogP contribution in [0.5, 0.6) is 0 Å². The quantitative estimate of drug-likeness (QED) is 0.545. The number of methoxy groups -OCH3 is 1. The fraction of sp³-hybridized carbons (Fsp3) is 0.167. The Labute approximate surface area is 164 Å². The standard InChI is InChI=1S/C24H21NO3/c1-28-24(27)23(21(26)15-16-9-3-2-4-10-16)25-22-19-13-7-5-11-17(19)18-12-6-8-14-20(18)22/h2-14,21,23,26H,15H2,1H3. The molecule has 0 aromatic heterocycles. The van der Waals surface area contributed by atoms with Gasteiger partial charge in [0.05, 0.1) is 18.9 Å². The summed E-state index contributed by atoms with van der Waals surface area (Å²) in [7, 11) is 1.32. The van der Waals surface area contributed by atoms with Gasteiger partial charge < -0.3 is 9.84 Å². The largest absolute Gasteiger partial charge is 0.467 e. The van der Waals surface area contributed by atoms with Gasteiger partial charge in [0, 0.05) is 17.5 Å². The van der Waals surface area contributed by atoms with Crippen molar-refractivity contribution in [1.29, 1.82) is 0 Å². The maximum absolute atomic E-state index is 12.5. The molecule has 1 aliphatic carbocycles. The van der Waals surface area contributed by atoms with Gasteiger partial charge in [0.25, 0.3) is 0 Å². The van der Waals surface area contributed by atoms with E-state index in [0.717, 1.165) is 27.8 Å². The van der Waals surface area contributed by atoms with Crippen molar-refractivity contribution in [2.24, 2.45) is 4.99 Å². The van der Waals surface area contributed by atoms with E-state index in [1.165, 1.54) is 7.11 Å². The summed E-state index contributed by atoms with van der Waals surface area (Å²) in [4.78, 5) is 17.2. The van der Waals surface area contributed by atoms with Crippen LogP contribution >= 0.6 is 0 Å². The minimum Gasteiger partial charge on any atom is -0.467 e. The number of esters is 1. The van der Waals surface area contributed by atoms with Gasteiger partial charge in [0.15, 0.2) is 6.04 Å². The van der Waals surface area contributed by atoms with Crippen LogP contribution in [0, 0.1) is 0 Å². The summed E-state index contributed by atoms with van der Waals surface area (Å²) in [6, 6.07) is 24.5. The molecule has 4 rings (SSSR count). The summed E-state index contributed by atoms with van der Waals surface area (Å²) in [5.74, 6) is -0.544. The van der Waals surface area contributed by atoms with Crippen molar-refractivity contribution in [3.63, 3.8) is 0 Å². The summed E-state index contributed by atoms with van der Waals surface area (Å²) < 4.78 is 4.95. The van der Waals surface area contributed by atoms with Crippen LogP contribution in [0.1, 0.15) is 16.7 Å². The summed E-state index contributed by atoms with van der Waals surface area (Å²) >= 11 is 0. The summed E-state index contributed by atoms with van der Waals surface area (Å²) in [6.07, 6.45) is -0.664. The predicted molar refractivity (Wildman–Crippen MR) is 109 cm³/mol. The number of carbonyl (C=O) groups excluding carboxylic acids is 1. The molecule has 4 nitrogen and oxygen atoms in total. The highest BCUT2D eigenvalue weighted by atomic mass is 16.5. The first kappa shape index (κ1) is 18.1. The maximum Gasteiger partial charge on any atom is 0.333 e. The average molecular weight is 371 g/mol. The van der Waals surface area contributed by atoms with Gasteiger partial charge in [-0.15, -0.1) is 0 Å². The van der Waals surface area contributed by atoms with Gasteiger partial charge in [-0.3, -0.25) is 4.99 Å². The molecule has 0 bridgehead atoms. The number of aliphatic hydroxyl groups is 1. The number of hydrogen-bond donors (Lipinski definition) is 1. The second-order valence-corrected chi connectivity index (χ2v) is 6.79. The number of aliphatic hydroxyl groups excluding tert-OH is 1. The Balaban J connectivity index is 1.76. The first-order chi connectivity index (χ1) is 13.7. The van der Waals surface area contributed by atoms with Gasteiger partial charge in [0.2, 0.25) is 0 Å². The van der Waals surface area contributed by atoms with Crippen LogP contribution in [0.25, 0.3) is 11.1 Å². The molecule has 140 valence electrons. The zero-order chi connectivity index (χ0) is 19.5. The molecule has 0 heterocycles. The zero-order valence-electron chi connectivity index (χ0n) is 15.6. The highest BCUT2D eigenvalue weighted by Crippen LogP contribution is 2.37. The molecule has 3 aromatic carbocycles. The third-order valence-corrected chi connectivity index (χ3v) is 5.02. The molecule has 0 fully saturated rings. The number of ether oxygens (including phenoxy) is 1. The smallest absolute Gasteiger partial charge is 0.333 e. The lowest BCUT2D eigenvalue weighted by atomic mass is 10.0. The van der Waals surface area contributed by atoms with Gasteiger partial charge in [0.1, 0.15) is 0 Å². The van der Waals surface area contributed by atoms with E-state index >= 15 is 0 Å². The van der Waals surface area contributed by atoms with Gasteiger partial charge in [-0.25, -0.2) is 4.79 Å². The average Bonchev–Trinajstić information content (AvgIpc) is 3.06. The van der Waals surface area contributed by atoms with Gasteiger partial charge in [-0.1, -0.05) is 78.9 Å². The molecule has 4 heteroatoms. The van der Waals surface area contributed by atoms with Crippen molar-refractivity contribution >= 4 is 11.7 Å². The molecule has 1 N–H and O–H groups in total. The van der Waals surface area contributed by atoms with Crippen LogP contribution in [-0.4, -0.2) is 36.0 Å². The van der Waals surface area contributed by atoms with Crippen molar-refractivity contribution in [2.45, 2.75) is 18.6 Å². The molecule has 3 aromatic rings. The second kappa shape index (κ2) is 7.79. The summed E-state index contributed by atoms with van der Waals surface area (Å²) in [5.41, 5.74) is 5.75. The van der Waals surface area contributed by atoms with E-state index in [1.807, 2.05) is 78.9 Å². The Morgan fingerprint density at radius 2 is 1.36 bits per heavy atom. The monoisotopic (exact) mass is 371 g/mol. The Morgan fingerprint density at radius 1 is 0.857 bits per heavy atom. The molecule has 0 aliphatic heterocycles. The molecule has 2 atom stereocenters. The SMILES string of the molecule is COC(=O)C(N=C1c2ccccc2-c2ccccc21)C(O)Cc1ccccc1. The van der Waals surface area contributed by atoms with E-state index in [-0.39, 0.29) is 0 Å². The normalized spacial score (nSPS) is 14.0. The highest BCUT2D eigenvalue weighted by molar-refractivity contribution is 6.24. The van der Waals surface area contributed by atoms with Crippen molar-refractivity contribution in [3.8, 4) is 11.1 Å². The minimum absolute atomic E-state index is 0.320. The lowest BCUT2D eigenvalue weighted by molar-refractivity contribution is -0.144. The van der Waals surface area contributed by atoms with Crippen molar-refractivity contribution in [1.82, 2.24) is 0 Å². The fourth-order valence-corrected chi connectivity index (χ4v) is 3.66. The van der Waals surface area contributed by atoms with Crippen molar-refractivity contribution < 1.29 is 14.6 Å². The van der Waals surface area contributed by atoms with Crippen LogP contribution in [0.15, 0.2) is 83.9 Å². The first-order valence-corrected chi connectivity index (χ1v) is 9.26. The molecule has 0 amide bonds. The van der Waals surface area contributed by atoms with Crippen LogP contribution in [0.3, 0.4) is 0 Å². The second-order valence-electron chi connectivity index (χ2n) is 6.79. The highest BCUT2D eigenvalue weighted by Gasteiger charge is 2.31. The zero-order valence-corrected chi connectivity index (χ0v) is 15.6. The lowest BCUT2D eigenvalue weighted by Gasteiger charge is -2.18. The van der Waals surface area contributed by atoms with E-state index < -0.39 is 18.1 Å². The van der Waals surface area contributed by atoms with Crippen LogP contribution in [-0.2, 0) is 16.0 Å². The van der Waals surface area contributed by atoms with Crippen molar-refractivity contribution in [3.05, 3.63) is 95.6 Å². The number of aliphatic imine (C=N–C) groups is 1. The molecule has 0 spiro atoms. The number of nitrogens with zero attached hydrogens (tertiary/aromatic N) is 1. The topological polar surface area (TPSA) is 58.9 Å². The van der Waals surface area contributed by atoms with E-state index in [4.69, 9.17) is 9.73 Å². The van der Waals surface area contributed by atoms with Gasteiger partial charge in [-0.2, -0.15) is 0 Å². The molecule has 0 radical (unpaired) electrons. The molecule has 28 heavy (non-hydrogen) atoms. The van der Waals surface area contributed by atoms with Gasteiger partial charge in [-0.05, 0) is 16.7 Å². The molecule has 0 saturated heterocycles. The number of carbonyl (C=O) groups is 1. The van der Waals surface area contributed by atoms with E-state index in [0.29, 0.717) is 12.1 Å². The van der Waals surface area contributed by atoms with Crippen LogP contribution in [0.2, 0.25) is 0 Å². The number of hydrogen-bond acceptors (Lipinski definition) is 4. The van der Waals surface area contributed by atoms with Gasteiger partial charge >= 0.3 is 5.97 Å². The molecule has 0 saturated carbocycles. The number of fused-ring (bicyclic) bond motifs is 3. The van der Waals surface area contributed by atoms with E-state index in [2.05, 4.69) is 0 Å². The minimum atomic E-state index is -1.00. The lowest BCUT2D eigenvalue weighted by Crippen LogP contribution is -2.36. The summed E-state index contributed by atoms with van der Waals surface area (Å²) in [5, 5.41) is 10.8. The predicted octanol–water partition coefficient (Wildman–Crippen LogP) is 3.65. The first-order valence-electron chi connectivity index (χ1n) is 9.26. The Kier molecular flexibility index (Phi) is 5.04. The van der Waals surface area contributed by atoms with Crippen LogP contribution < -0.4 is 0 Å². The Hall–Kier alpha value is -3.24. The third kappa shape index (κ3) is 3.35. The molecule has 1 aliphatic rings. The van der Waals surface area contributed by atoms with E-state index in [1.54, 1.807) is 0 Å². The summed E-state index contributed by atoms with van der Waals surface area (Å²) in [6.45, 7) is 0. The van der Waals surface area contributed by atoms with Crippen LogP contribution in [0.4, 0.5) is 0 Å². The molecule has 2 unspecified atom stereocenters. The van der Waals surface area contributed by atoms with E-state index in [9.17, 15) is 9.90 Å². The Morgan fingerprint density at radius 3 is 1.89 bits per heavy atom. The van der Waals surface area contributed by atoms with Crippen molar-refractivity contribution in [2.75, 3.05) is 7.11 Å². The number of benzene rings is 3. The molecular formula is C24H21NO3.